The normalized spacial score (nSPS) is 16.2. The van der Waals surface area contributed by atoms with E-state index in [9.17, 15) is 71.9 Å². The van der Waals surface area contributed by atoms with Gasteiger partial charge in [-0.25, -0.2) is 22.8 Å². The first-order valence-corrected chi connectivity index (χ1v) is 32.2. The molecule has 4 amide bonds. The molecule has 12 rings (SSSR count). The lowest BCUT2D eigenvalue weighted by atomic mass is 9.86. The largest absolute Gasteiger partial charge is 0.444 e. The maximum absolute atomic E-state index is 14.0. The van der Waals surface area contributed by atoms with E-state index in [1.54, 1.807) is 40.4 Å². The molecular formula is C70H92Cl2F12N12O8. The number of nitrogens with zero attached hydrogens (tertiary/aromatic N) is 7. The number of hydrogen-bond acceptors (Lipinski definition) is 13. The SMILES string of the molecule is C.C.C.CC(C)(C)OC(=O)N1CCc2c(C(=O)N3CCC(c4cccc(F)c4C(F)(F)F)CC3)n[nH]c2C1.CC(C)(C)OC(=O)N1CCc2cn[nH]c2C1.Cl.Cl.Fc1cccc(C2CCNCC2)c1C(F)(F)F.O=C(c1n[nH]c2c1CCNC2)N1CCC(c2cccc(F)c2C(F)(F)F)CC1.O=C=O. The Labute approximate surface area is 608 Å². The lowest BCUT2D eigenvalue weighted by Crippen LogP contribution is -2.41. The van der Waals surface area contributed by atoms with E-state index in [2.05, 4.69) is 41.2 Å². The van der Waals surface area contributed by atoms with E-state index in [0.717, 1.165) is 53.7 Å². The van der Waals surface area contributed by atoms with E-state index >= 15 is 0 Å². The lowest BCUT2D eigenvalue weighted by Gasteiger charge is -2.33. The van der Waals surface area contributed by atoms with Crippen LogP contribution in [0, 0.1) is 17.5 Å². The molecule has 0 saturated carbocycles. The topological polar surface area (TPSA) is 244 Å². The van der Waals surface area contributed by atoms with E-state index in [1.807, 2.05) is 27.0 Å². The maximum atomic E-state index is 14.0. The number of amides is 4. The van der Waals surface area contributed by atoms with Crippen molar-refractivity contribution in [3.8, 4) is 0 Å². The number of piperidine rings is 3. The number of ether oxygens (including phenoxy) is 2. The van der Waals surface area contributed by atoms with Crippen LogP contribution in [-0.2, 0) is 76.5 Å². The molecule has 6 aliphatic heterocycles. The van der Waals surface area contributed by atoms with Crippen LogP contribution in [0.1, 0.15) is 208 Å². The molecule has 0 unspecified atom stereocenters. The van der Waals surface area contributed by atoms with Crippen molar-refractivity contribution in [3.05, 3.63) is 157 Å². The average Bonchev–Trinajstić information content (AvgIpc) is 1.30. The van der Waals surface area contributed by atoms with Gasteiger partial charge in [-0.3, -0.25) is 24.9 Å². The Kier molecular flexibility index (Phi) is 33.1. The third-order valence-electron chi connectivity index (χ3n) is 17.5. The highest BCUT2D eigenvalue weighted by molar-refractivity contribution is 5.95. The molecule has 6 aliphatic rings. The number of fused-ring (bicyclic) bond motifs is 3. The van der Waals surface area contributed by atoms with Gasteiger partial charge in [0.05, 0.1) is 53.1 Å². The quantitative estimate of drug-likeness (QED) is 0.101. The molecule has 0 aliphatic carbocycles. The summed E-state index contributed by atoms with van der Waals surface area (Å²) in [6.07, 6.45) is -8.27. The molecule has 0 atom stereocenters. The molecule has 20 nitrogen and oxygen atoms in total. The number of carbonyl (C=O) groups excluding carboxylic acids is 6. The van der Waals surface area contributed by atoms with Gasteiger partial charge in [-0.2, -0.15) is 64.4 Å². The Morgan fingerprint density at radius 2 is 0.837 bits per heavy atom. The molecule has 3 saturated heterocycles. The van der Waals surface area contributed by atoms with Gasteiger partial charge in [-0.05, 0) is 177 Å². The number of aromatic amines is 3. The van der Waals surface area contributed by atoms with Crippen molar-refractivity contribution in [1.29, 1.82) is 0 Å². The summed E-state index contributed by atoms with van der Waals surface area (Å²) in [4.78, 5) is 72.9. The molecule has 6 aromatic rings. The lowest BCUT2D eigenvalue weighted by molar-refractivity contribution is -0.191. The molecule has 34 heteroatoms. The number of hydrogen-bond donors (Lipinski definition) is 5. The first kappa shape index (κ1) is 90.0. The second-order valence-electron chi connectivity index (χ2n) is 26.5. The number of halogens is 14. The van der Waals surface area contributed by atoms with Crippen LogP contribution in [0.2, 0.25) is 0 Å². The molecule has 0 bridgehead atoms. The van der Waals surface area contributed by atoms with Gasteiger partial charge in [0.2, 0.25) is 0 Å². The predicted molar refractivity (Wildman–Crippen MR) is 366 cm³/mol. The maximum Gasteiger partial charge on any atom is 0.419 e. The van der Waals surface area contributed by atoms with Crippen LogP contribution in [0.5, 0.6) is 0 Å². The van der Waals surface area contributed by atoms with Crippen molar-refractivity contribution < 1.29 is 90.9 Å². The van der Waals surface area contributed by atoms with E-state index in [0.29, 0.717) is 102 Å². The smallest absolute Gasteiger partial charge is 0.419 e. The Morgan fingerprint density at radius 3 is 1.23 bits per heavy atom. The third kappa shape index (κ3) is 23.2. The summed E-state index contributed by atoms with van der Waals surface area (Å²) < 4.78 is 171. The van der Waals surface area contributed by atoms with E-state index in [4.69, 9.17) is 19.1 Å². The predicted octanol–water partition coefficient (Wildman–Crippen LogP) is 15.3. The fourth-order valence-corrected chi connectivity index (χ4v) is 12.9. The monoisotopic (exact) mass is 1530 g/mol. The van der Waals surface area contributed by atoms with Crippen LogP contribution in [0.4, 0.5) is 62.3 Å². The van der Waals surface area contributed by atoms with E-state index in [-0.39, 0.29) is 132 Å². The van der Waals surface area contributed by atoms with Gasteiger partial charge < -0.3 is 39.7 Å². The van der Waals surface area contributed by atoms with Gasteiger partial charge in [0.1, 0.15) is 28.7 Å². The van der Waals surface area contributed by atoms with Gasteiger partial charge in [0.15, 0.2) is 11.4 Å². The Hall–Kier alpha value is -8.19. The number of carbonyl (C=O) groups is 4. The molecule has 3 aromatic heterocycles. The Morgan fingerprint density at radius 1 is 0.471 bits per heavy atom. The van der Waals surface area contributed by atoms with Gasteiger partial charge in [-0.1, -0.05) is 58.7 Å². The van der Waals surface area contributed by atoms with Crippen molar-refractivity contribution in [2.75, 3.05) is 58.9 Å². The summed E-state index contributed by atoms with van der Waals surface area (Å²) in [5.41, 5.74) is 1.53. The molecule has 0 spiro atoms. The molecule has 9 heterocycles. The zero-order valence-corrected chi connectivity index (χ0v) is 57.7. The number of aromatic nitrogens is 6. The second kappa shape index (κ2) is 38.2. The van der Waals surface area contributed by atoms with E-state index < -0.39 is 81.8 Å². The fraction of sp³-hybridized carbons (Fsp3) is 0.543. The van der Waals surface area contributed by atoms with Gasteiger partial charge >= 0.3 is 36.9 Å². The number of likely N-dealkylation sites (tertiary alicyclic amines) is 2. The molecule has 0 radical (unpaired) electrons. The second-order valence-corrected chi connectivity index (χ2v) is 26.5. The van der Waals surface area contributed by atoms with Crippen molar-refractivity contribution in [2.45, 2.75) is 189 Å². The number of rotatable bonds is 5. The van der Waals surface area contributed by atoms with Crippen LogP contribution in [0.25, 0.3) is 0 Å². The van der Waals surface area contributed by atoms with Crippen molar-refractivity contribution in [3.63, 3.8) is 0 Å². The minimum Gasteiger partial charge on any atom is -0.444 e. The standard InChI is InChI=1S/C24H28F4N4O3.C19H20F4N4O.C12H13F4N.C11H17N3O2.CO2.3CH4.2ClH/c1-23(2,3)35-22(34)32-12-9-16-18(13-32)29-30-20(16)21(33)31-10-7-14(8-11-31)15-5-4-6-17(25)19(15)24(26,27)28;20-14-3-1-2-12(16(14)19(21,22)23)11-5-8-27(9-6-11)18(28)17-13-4-7-24-10-15(13)25-26-17;13-10-3-1-2-9(11(10)12(14,15)16)8-4-6-17-7-5-8;1-11(2,3)16-10(15)14-5-4-8-6-12-13-9(8)7-14;2-1-3;;;;;/h4-6,14H,7-13H2,1-3H3,(H,29,30);1-3,11,24H,4-10H2,(H,25,26);1-3,8,17H,4-7H2;6H,4-5,7H2,1-3H3,(H,12,13);;3*1H4;2*1H. The summed E-state index contributed by atoms with van der Waals surface area (Å²) >= 11 is 0. The Balaban J connectivity index is 0.000000365. The third-order valence-corrected chi connectivity index (χ3v) is 17.5. The van der Waals surface area contributed by atoms with Crippen molar-refractivity contribution in [1.82, 2.24) is 60.8 Å². The molecule has 104 heavy (non-hydrogen) atoms. The molecule has 5 N–H and O–H groups in total. The zero-order valence-electron chi connectivity index (χ0n) is 56.1. The number of alkyl halides is 9. The fourth-order valence-electron chi connectivity index (χ4n) is 12.9. The number of nitrogens with one attached hydrogen (secondary N) is 5. The van der Waals surface area contributed by atoms with Crippen LogP contribution >= 0.6 is 24.8 Å². The molecular weight excluding hydrogens is 1440 g/mol. The summed E-state index contributed by atoms with van der Waals surface area (Å²) in [6.45, 7) is 16.7. The van der Waals surface area contributed by atoms with Gasteiger partial charge in [-0.15, -0.1) is 24.8 Å². The minimum atomic E-state index is -4.78. The van der Waals surface area contributed by atoms with Crippen LogP contribution < -0.4 is 10.6 Å². The van der Waals surface area contributed by atoms with Crippen LogP contribution in [0.15, 0.2) is 60.8 Å². The minimum absolute atomic E-state index is 0. The summed E-state index contributed by atoms with van der Waals surface area (Å²) in [6, 6.07) is 10.5. The number of H-pyrrole nitrogens is 3. The molecule has 3 fully saturated rings. The van der Waals surface area contributed by atoms with E-state index in [1.165, 1.54) is 42.0 Å². The highest BCUT2D eigenvalue weighted by atomic mass is 35.5. The summed E-state index contributed by atoms with van der Waals surface area (Å²) in [7, 11) is 0. The first-order chi connectivity index (χ1) is 46.6. The average molecular weight is 1530 g/mol. The number of benzene rings is 3. The highest BCUT2D eigenvalue weighted by Gasteiger charge is 2.43. The van der Waals surface area contributed by atoms with Gasteiger partial charge in [0.25, 0.3) is 11.8 Å². The zero-order chi connectivity index (χ0) is 72.4. The van der Waals surface area contributed by atoms with Crippen LogP contribution in [0.3, 0.4) is 0 Å². The van der Waals surface area contributed by atoms with Crippen molar-refractivity contribution in [2.24, 2.45) is 0 Å². The molecule has 3 aromatic carbocycles. The van der Waals surface area contributed by atoms with Crippen LogP contribution in [-0.4, -0.2) is 150 Å². The first-order valence-electron chi connectivity index (χ1n) is 32.2. The highest BCUT2D eigenvalue weighted by Crippen LogP contribution is 2.43. The Bertz CT molecular complexity index is 3820. The molecule has 578 valence electrons. The summed E-state index contributed by atoms with van der Waals surface area (Å²) in [5.74, 6) is -5.35. The van der Waals surface area contributed by atoms with Crippen molar-refractivity contribution >= 4 is 55.0 Å². The van der Waals surface area contributed by atoms with Gasteiger partial charge in [0, 0.05) is 56.9 Å². The summed E-state index contributed by atoms with van der Waals surface area (Å²) in [5, 5.41) is 27.2.